The van der Waals surface area contributed by atoms with Gasteiger partial charge in [-0.25, -0.2) is 4.98 Å². The number of aromatic nitrogens is 1. The molecule has 3 heteroatoms. The van der Waals surface area contributed by atoms with Crippen LogP contribution in [-0.2, 0) is 12.8 Å². The fourth-order valence-electron chi connectivity index (χ4n) is 4.04. The molecular weight excluding hydrogens is 280 g/mol. The number of anilines is 1. The zero-order valence-electron chi connectivity index (χ0n) is 11.9. The van der Waals surface area contributed by atoms with Crippen LogP contribution in [0.3, 0.4) is 0 Å². The van der Waals surface area contributed by atoms with Gasteiger partial charge in [0.2, 0.25) is 0 Å². The molecular formula is C18H19ClN2. The Hall–Kier alpha value is -1.54. The number of rotatable bonds is 2. The monoisotopic (exact) mass is 298 g/mol. The van der Waals surface area contributed by atoms with Crippen LogP contribution in [-0.4, -0.2) is 11.0 Å². The molecule has 0 amide bonds. The highest BCUT2D eigenvalue weighted by Crippen LogP contribution is 2.41. The van der Waals surface area contributed by atoms with E-state index in [9.17, 15) is 0 Å². The lowest BCUT2D eigenvalue weighted by atomic mass is 9.94. The Balaban J connectivity index is 1.59. The summed E-state index contributed by atoms with van der Waals surface area (Å²) in [5.74, 6) is 1.46. The van der Waals surface area contributed by atoms with E-state index in [0.717, 1.165) is 17.5 Å². The third-order valence-corrected chi connectivity index (χ3v) is 5.29. The van der Waals surface area contributed by atoms with Crippen molar-refractivity contribution < 1.29 is 0 Å². The zero-order chi connectivity index (χ0) is 14.2. The van der Waals surface area contributed by atoms with Gasteiger partial charge < -0.3 is 5.32 Å². The van der Waals surface area contributed by atoms with Crippen molar-refractivity contribution in [1.29, 1.82) is 0 Å². The van der Waals surface area contributed by atoms with Crippen molar-refractivity contribution in [2.45, 2.75) is 31.7 Å². The summed E-state index contributed by atoms with van der Waals surface area (Å²) in [6, 6.07) is 13.4. The molecule has 4 rings (SSSR count). The summed E-state index contributed by atoms with van der Waals surface area (Å²) in [7, 11) is 0. The van der Waals surface area contributed by atoms with Crippen LogP contribution < -0.4 is 5.32 Å². The molecule has 0 radical (unpaired) electrons. The van der Waals surface area contributed by atoms with E-state index in [4.69, 9.17) is 11.6 Å². The molecule has 2 nitrogen and oxygen atoms in total. The van der Waals surface area contributed by atoms with Gasteiger partial charge in [0.25, 0.3) is 0 Å². The third kappa shape index (κ3) is 2.53. The van der Waals surface area contributed by atoms with Crippen LogP contribution in [0.15, 0.2) is 42.6 Å². The van der Waals surface area contributed by atoms with Gasteiger partial charge in [0, 0.05) is 6.04 Å². The highest BCUT2D eigenvalue weighted by Gasteiger charge is 2.38. The molecule has 2 aromatic rings. The topological polar surface area (TPSA) is 24.9 Å². The second-order valence-electron chi connectivity index (χ2n) is 6.31. The van der Waals surface area contributed by atoms with E-state index in [1.165, 1.54) is 25.7 Å². The maximum Gasteiger partial charge on any atom is 0.129 e. The maximum absolute atomic E-state index is 5.87. The molecule has 2 bridgehead atoms. The Kier molecular flexibility index (Phi) is 3.34. The number of nitrogens with zero attached hydrogens (tertiary/aromatic N) is 1. The Morgan fingerprint density at radius 3 is 2.19 bits per heavy atom. The molecule has 2 atom stereocenters. The smallest absolute Gasteiger partial charge is 0.129 e. The number of halogens is 1. The van der Waals surface area contributed by atoms with Crippen LogP contribution >= 0.6 is 11.6 Å². The molecule has 1 aromatic heterocycles. The van der Waals surface area contributed by atoms with Crippen LogP contribution in [0.4, 0.5) is 5.69 Å². The summed E-state index contributed by atoms with van der Waals surface area (Å²) in [6.45, 7) is 0. The fraction of sp³-hybridized carbons (Fsp3) is 0.389. The molecule has 2 unspecified atom stereocenters. The van der Waals surface area contributed by atoms with Gasteiger partial charge in [-0.3, -0.25) is 0 Å². The minimum Gasteiger partial charge on any atom is -0.380 e. The molecule has 1 aromatic carbocycles. The second-order valence-corrected chi connectivity index (χ2v) is 6.70. The molecule has 2 aliphatic rings. The lowest BCUT2D eigenvalue weighted by Gasteiger charge is -2.24. The first-order valence-corrected chi connectivity index (χ1v) is 8.12. The maximum atomic E-state index is 5.87. The van der Waals surface area contributed by atoms with Gasteiger partial charge in [-0.15, -0.1) is 0 Å². The van der Waals surface area contributed by atoms with Crippen molar-refractivity contribution in [1.82, 2.24) is 4.98 Å². The van der Waals surface area contributed by atoms with Crippen LogP contribution in [0.2, 0.25) is 5.15 Å². The predicted octanol–water partition coefficient (Wildman–Crippen LogP) is 4.34. The highest BCUT2D eigenvalue weighted by atomic mass is 35.5. The summed E-state index contributed by atoms with van der Waals surface area (Å²) in [6.07, 6.45) is 6.91. The molecule has 0 spiro atoms. The first-order valence-electron chi connectivity index (χ1n) is 7.74. The van der Waals surface area contributed by atoms with Gasteiger partial charge in [-0.1, -0.05) is 35.9 Å². The molecule has 1 fully saturated rings. The summed E-state index contributed by atoms with van der Waals surface area (Å²) in [5, 5.41) is 4.28. The van der Waals surface area contributed by atoms with E-state index < -0.39 is 0 Å². The van der Waals surface area contributed by atoms with Gasteiger partial charge in [0.1, 0.15) is 5.15 Å². The van der Waals surface area contributed by atoms with Crippen LogP contribution in [0, 0.1) is 11.8 Å². The van der Waals surface area contributed by atoms with Crippen LogP contribution in [0.5, 0.6) is 0 Å². The number of fused-ring (bicyclic) bond motifs is 3. The minimum absolute atomic E-state index is 0.553. The second kappa shape index (κ2) is 5.34. The van der Waals surface area contributed by atoms with Crippen molar-refractivity contribution in [2.24, 2.45) is 11.8 Å². The minimum atomic E-state index is 0.553. The SMILES string of the molecule is Clc1ccc(NC2C3CCC2Cc2ccccc2C3)cn1. The van der Waals surface area contributed by atoms with E-state index >= 15 is 0 Å². The Morgan fingerprint density at radius 1 is 0.952 bits per heavy atom. The Bertz CT molecular complexity index is 605. The van der Waals surface area contributed by atoms with E-state index in [0.29, 0.717) is 11.2 Å². The largest absolute Gasteiger partial charge is 0.380 e. The van der Waals surface area contributed by atoms with Crippen molar-refractivity contribution in [3.05, 3.63) is 58.9 Å². The standard InChI is InChI=1S/C18H19ClN2/c19-17-8-7-16(11-20-17)21-18-14-5-6-15(18)10-13-4-2-1-3-12(13)9-14/h1-4,7-8,11,14-15,18,21H,5-6,9-10H2. The van der Waals surface area contributed by atoms with E-state index in [2.05, 4.69) is 34.6 Å². The molecule has 2 aliphatic carbocycles. The van der Waals surface area contributed by atoms with Crippen molar-refractivity contribution in [2.75, 3.05) is 5.32 Å². The Morgan fingerprint density at radius 2 is 1.62 bits per heavy atom. The average molecular weight is 299 g/mol. The normalized spacial score (nSPS) is 27.0. The van der Waals surface area contributed by atoms with Gasteiger partial charge in [0.05, 0.1) is 11.9 Å². The van der Waals surface area contributed by atoms with E-state index in [1.807, 2.05) is 18.3 Å². The summed E-state index contributed by atoms with van der Waals surface area (Å²) in [5.41, 5.74) is 4.18. The molecule has 1 saturated carbocycles. The first-order chi connectivity index (χ1) is 10.3. The van der Waals surface area contributed by atoms with Crippen molar-refractivity contribution >= 4 is 17.3 Å². The number of nitrogens with one attached hydrogen (secondary N) is 1. The lowest BCUT2D eigenvalue weighted by Crippen LogP contribution is -2.30. The fourth-order valence-corrected chi connectivity index (χ4v) is 4.15. The molecule has 1 heterocycles. The molecule has 0 saturated heterocycles. The van der Waals surface area contributed by atoms with E-state index in [1.54, 1.807) is 11.1 Å². The van der Waals surface area contributed by atoms with E-state index in [-0.39, 0.29) is 0 Å². The van der Waals surface area contributed by atoms with Gasteiger partial charge in [-0.2, -0.15) is 0 Å². The van der Waals surface area contributed by atoms with Crippen molar-refractivity contribution in [3.63, 3.8) is 0 Å². The van der Waals surface area contributed by atoms with Crippen LogP contribution in [0.25, 0.3) is 0 Å². The molecule has 1 N–H and O–H groups in total. The van der Waals surface area contributed by atoms with Gasteiger partial charge in [-0.05, 0) is 60.8 Å². The van der Waals surface area contributed by atoms with Crippen LogP contribution in [0.1, 0.15) is 24.0 Å². The number of hydrogen-bond donors (Lipinski definition) is 1. The highest BCUT2D eigenvalue weighted by molar-refractivity contribution is 6.29. The summed E-state index contributed by atoms with van der Waals surface area (Å²) < 4.78 is 0. The van der Waals surface area contributed by atoms with Gasteiger partial charge >= 0.3 is 0 Å². The predicted molar refractivity (Wildman–Crippen MR) is 86.7 cm³/mol. The average Bonchev–Trinajstić information content (AvgIpc) is 2.76. The third-order valence-electron chi connectivity index (χ3n) is 5.07. The van der Waals surface area contributed by atoms with Gasteiger partial charge in [0.15, 0.2) is 0 Å². The molecule has 108 valence electrons. The molecule has 21 heavy (non-hydrogen) atoms. The lowest BCUT2D eigenvalue weighted by molar-refractivity contribution is 0.449. The number of hydrogen-bond acceptors (Lipinski definition) is 2. The zero-order valence-corrected chi connectivity index (χ0v) is 12.7. The number of benzene rings is 1. The Labute approximate surface area is 130 Å². The molecule has 0 aliphatic heterocycles. The summed E-state index contributed by atoms with van der Waals surface area (Å²) >= 11 is 5.87. The quantitative estimate of drug-likeness (QED) is 0.834. The first kappa shape index (κ1) is 13.1. The number of pyridine rings is 1. The summed E-state index contributed by atoms with van der Waals surface area (Å²) in [4.78, 5) is 4.18. The van der Waals surface area contributed by atoms with Crippen molar-refractivity contribution in [3.8, 4) is 0 Å².